The third-order valence-corrected chi connectivity index (χ3v) is 14.1. The van der Waals surface area contributed by atoms with Crippen LogP contribution >= 0.6 is 0 Å². The SMILES string of the molecule is CCCCCCCC/C=C\CCCCCCCC(=O)OCCCCCCCCCCCCC/C=C\CCCCCCCCCC(=O)NC(CO)C(O)/C=C/CCCCCCCCCCCCCCC. The Morgan fingerprint density at radius 1 is 0.391 bits per heavy atom. The highest BCUT2D eigenvalue weighted by Crippen LogP contribution is 2.16. The second kappa shape index (κ2) is 58.6. The van der Waals surface area contributed by atoms with Crippen molar-refractivity contribution < 1.29 is 24.5 Å². The van der Waals surface area contributed by atoms with Gasteiger partial charge < -0.3 is 20.3 Å². The van der Waals surface area contributed by atoms with Gasteiger partial charge in [0.2, 0.25) is 5.91 Å². The molecule has 0 radical (unpaired) electrons. The van der Waals surface area contributed by atoms with Crippen molar-refractivity contribution in [3.8, 4) is 0 Å². The molecular weight excluding hydrogens is 851 g/mol. The molecule has 0 aromatic rings. The summed E-state index contributed by atoms with van der Waals surface area (Å²) in [5, 5.41) is 23.1. The molecule has 3 N–H and O–H groups in total. The van der Waals surface area contributed by atoms with E-state index in [1.54, 1.807) is 6.08 Å². The van der Waals surface area contributed by atoms with E-state index in [-0.39, 0.29) is 18.5 Å². The predicted molar refractivity (Wildman–Crippen MR) is 301 cm³/mol. The summed E-state index contributed by atoms with van der Waals surface area (Å²) in [5.41, 5.74) is 0. The minimum atomic E-state index is -0.849. The van der Waals surface area contributed by atoms with Crippen LogP contribution in [0.4, 0.5) is 0 Å². The van der Waals surface area contributed by atoms with Gasteiger partial charge >= 0.3 is 5.97 Å². The van der Waals surface area contributed by atoms with Crippen molar-refractivity contribution in [2.45, 2.75) is 341 Å². The Bertz CT molecular complexity index is 1120. The number of nitrogens with one attached hydrogen (secondary N) is 1. The topological polar surface area (TPSA) is 95.9 Å². The Kier molecular flexibility index (Phi) is 57.0. The lowest BCUT2D eigenvalue weighted by Gasteiger charge is -2.20. The number of esters is 1. The smallest absolute Gasteiger partial charge is 0.305 e. The average Bonchev–Trinajstić information content (AvgIpc) is 3.35. The summed E-state index contributed by atoms with van der Waals surface area (Å²) in [4.78, 5) is 24.5. The summed E-state index contributed by atoms with van der Waals surface area (Å²) in [6, 6.07) is -0.633. The molecule has 6 nitrogen and oxygen atoms in total. The molecule has 0 saturated heterocycles. The Labute approximate surface area is 430 Å². The van der Waals surface area contributed by atoms with Gasteiger partial charge in [0, 0.05) is 12.8 Å². The Morgan fingerprint density at radius 2 is 0.681 bits per heavy atom. The number of hydrogen-bond donors (Lipinski definition) is 3. The van der Waals surface area contributed by atoms with E-state index in [4.69, 9.17) is 4.74 Å². The minimum absolute atomic E-state index is 0.00141. The van der Waals surface area contributed by atoms with Gasteiger partial charge in [-0.05, 0) is 83.5 Å². The molecule has 0 aromatic heterocycles. The van der Waals surface area contributed by atoms with Crippen LogP contribution in [0.3, 0.4) is 0 Å². The van der Waals surface area contributed by atoms with Crippen LogP contribution in [0.1, 0.15) is 328 Å². The van der Waals surface area contributed by atoms with E-state index in [0.29, 0.717) is 19.4 Å². The number of hydrogen-bond acceptors (Lipinski definition) is 5. The molecule has 0 aromatic carbocycles. The van der Waals surface area contributed by atoms with Gasteiger partial charge in [0.05, 0.1) is 25.4 Å². The molecule has 0 spiro atoms. The van der Waals surface area contributed by atoms with Crippen molar-refractivity contribution in [1.82, 2.24) is 5.32 Å². The van der Waals surface area contributed by atoms with E-state index >= 15 is 0 Å². The first-order valence-corrected chi connectivity index (χ1v) is 30.8. The summed E-state index contributed by atoms with van der Waals surface area (Å²) in [6.45, 7) is 4.90. The molecule has 0 saturated carbocycles. The van der Waals surface area contributed by atoms with Crippen molar-refractivity contribution in [1.29, 1.82) is 0 Å². The number of allylic oxidation sites excluding steroid dienone is 5. The predicted octanol–water partition coefficient (Wildman–Crippen LogP) is 19.2. The first kappa shape index (κ1) is 67.1. The Morgan fingerprint density at radius 3 is 1.03 bits per heavy atom. The monoisotopic (exact) mass is 970 g/mol. The Balaban J connectivity index is 3.44. The zero-order valence-corrected chi connectivity index (χ0v) is 46.3. The highest BCUT2D eigenvalue weighted by atomic mass is 16.5. The first-order valence-electron chi connectivity index (χ1n) is 30.8. The fourth-order valence-corrected chi connectivity index (χ4v) is 9.39. The van der Waals surface area contributed by atoms with E-state index in [9.17, 15) is 19.8 Å². The number of ether oxygens (including phenoxy) is 1. The molecule has 0 aliphatic rings. The fourth-order valence-electron chi connectivity index (χ4n) is 9.39. The highest BCUT2D eigenvalue weighted by molar-refractivity contribution is 5.76. The van der Waals surface area contributed by atoms with Gasteiger partial charge in [-0.2, -0.15) is 0 Å². The van der Waals surface area contributed by atoms with Crippen LogP contribution in [0.2, 0.25) is 0 Å². The number of aliphatic hydroxyl groups is 2. The van der Waals surface area contributed by atoms with Gasteiger partial charge in [-0.3, -0.25) is 9.59 Å². The van der Waals surface area contributed by atoms with Gasteiger partial charge in [0.1, 0.15) is 0 Å². The summed E-state index contributed by atoms with van der Waals surface area (Å²) < 4.78 is 5.48. The number of rotatable bonds is 57. The van der Waals surface area contributed by atoms with Crippen LogP contribution in [-0.2, 0) is 14.3 Å². The average molecular weight is 971 g/mol. The van der Waals surface area contributed by atoms with Crippen LogP contribution < -0.4 is 5.32 Å². The molecule has 0 bridgehead atoms. The highest BCUT2D eigenvalue weighted by Gasteiger charge is 2.18. The zero-order valence-electron chi connectivity index (χ0n) is 46.3. The van der Waals surface area contributed by atoms with E-state index < -0.39 is 12.1 Å². The summed E-state index contributed by atoms with van der Waals surface area (Å²) in [6.07, 6.45) is 73.2. The quantitative estimate of drug-likeness (QED) is 0.0321. The molecule has 6 heteroatoms. The molecular formula is C63H119NO5. The number of unbranched alkanes of at least 4 members (excludes halogenated alkanes) is 42. The molecule has 2 unspecified atom stereocenters. The minimum Gasteiger partial charge on any atom is -0.466 e. The lowest BCUT2D eigenvalue weighted by atomic mass is 10.0. The number of carbonyl (C=O) groups is 2. The second-order valence-corrected chi connectivity index (χ2v) is 21.0. The van der Waals surface area contributed by atoms with E-state index in [2.05, 4.69) is 43.5 Å². The van der Waals surface area contributed by atoms with Gasteiger partial charge in [-0.1, -0.05) is 269 Å². The molecule has 0 heterocycles. The normalized spacial score (nSPS) is 12.8. The van der Waals surface area contributed by atoms with Crippen molar-refractivity contribution in [3.63, 3.8) is 0 Å². The molecule has 69 heavy (non-hydrogen) atoms. The van der Waals surface area contributed by atoms with Crippen molar-refractivity contribution >= 4 is 11.9 Å². The second-order valence-electron chi connectivity index (χ2n) is 21.0. The molecule has 0 aliphatic heterocycles. The van der Waals surface area contributed by atoms with Gasteiger partial charge in [0.15, 0.2) is 0 Å². The number of amides is 1. The standard InChI is InChI=1S/C63H119NO5/c1-3-5-7-9-11-13-15-17-27-31-35-39-43-47-51-55-61(66)60(59-65)64-62(67)56-52-48-44-40-36-32-29-25-23-21-19-20-22-24-26-30-34-38-42-46-50-54-58-69-63(68)57-53-49-45-41-37-33-28-18-16-14-12-10-8-6-4-2/h18,21,23,28,51,55,60-61,65-66H,3-17,19-20,22,24-27,29-50,52-54,56-59H2,1-2H3,(H,64,67)/b23-21-,28-18-,55-51+. The van der Waals surface area contributed by atoms with Gasteiger partial charge in [-0.15, -0.1) is 0 Å². The molecule has 0 aliphatic carbocycles. The van der Waals surface area contributed by atoms with Crippen LogP contribution in [-0.4, -0.2) is 47.4 Å². The summed E-state index contributed by atoms with van der Waals surface area (Å²) in [7, 11) is 0. The van der Waals surface area contributed by atoms with E-state index in [0.717, 1.165) is 51.4 Å². The van der Waals surface area contributed by atoms with Crippen LogP contribution in [0.5, 0.6) is 0 Å². The number of carbonyl (C=O) groups excluding carboxylic acids is 2. The number of aliphatic hydroxyl groups excluding tert-OH is 2. The first-order chi connectivity index (χ1) is 34.0. The summed E-state index contributed by atoms with van der Waals surface area (Å²) >= 11 is 0. The Hall–Kier alpha value is -1.92. The maximum atomic E-state index is 12.5. The third kappa shape index (κ3) is 55.2. The van der Waals surface area contributed by atoms with Crippen LogP contribution in [0, 0.1) is 0 Å². The third-order valence-electron chi connectivity index (χ3n) is 14.1. The van der Waals surface area contributed by atoms with E-state index in [1.807, 2.05) is 6.08 Å². The maximum Gasteiger partial charge on any atom is 0.305 e. The lowest BCUT2D eigenvalue weighted by molar-refractivity contribution is -0.143. The molecule has 0 fully saturated rings. The molecule has 0 rings (SSSR count). The van der Waals surface area contributed by atoms with Gasteiger partial charge in [0.25, 0.3) is 0 Å². The van der Waals surface area contributed by atoms with Crippen molar-refractivity contribution in [2.75, 3.05) is 13.2 Å². The van der Waals surface area contributed by atoms with Crippen LogP contribution in [0.15, 0.2) is 36.5 Å². The van der Waals surface area contributed by atoms with Crippen molar-refractivity contribution in [2.24, 2.45) is 0 Å². The van der Waals surface area contributed by atoms with Crippen molar-refractivity contribution in [3.05, 3.63) is 36.5 Å². The zero-order chi connectivity index (χ0) is 50.0. The van der Waals surface area contributed by atoms with E-state index in [1.165, 1.54) is 250 Å². The van der Waals surface area contributed by atoms with Gasteiger partial charge in [-0.25, -0.2) is 0 Å². The lowest BCUT2D eigenvalue weighted by Crippen LogP contribution is -2.45. The fraction of sp³-hybridized carbons (Fsp3) is 0.873. The molecule has 1 amide bonds. The van der Waals surface area contributed by atoms with Crippen LogP contribution in [0.25, 0.3) is 0 Å². The molecule has 2 atom stereocenters. The molecule has 406 valence electrons. The largest absolute Gasteiger partial charge is 0.466 e. The maximum absolute atomic E-state index is 12.5. The summed E-state index contributed by atoms with van der Waals surface area (Å²) in [5.74, 6) is -0.0728.